The third-order valence-corrected chi connectivity index (χ3v) is 7.55. The van der Waals surface area contributed by atoms with Gasteiger partial charge in [0.2, 0.25) is 0 Å². The van der Waals surface area contributed by atoms with Crippen molar-refractivity contribution in [2.24, 2.45) is 7.05 Å². The number of nitrogens with one attached hydrogen (secondary N) is 3. The molecule has 0 saturated carbocycles. The van der Waals surface area contributed by atoms with Gasteiger partial charge in [0.1, 0.15) is 0 Å². The van der Waals surface area contributed by atoms with Crippen molar-refractivity contribution in [1.29, 1.82) is 0 Å². The second-order valence-electron chi connectivity index (χ2n) is 10.2. The Morgan fingerprint density at radius 1 is 1.16 bits per heavy atom. The fourth-order valence-electron chi connectivity index (χ4n) is 4.81. The number of carbonyl (C=O) groups is 3. The Bertz CT molecular complexity index is 1560. The molecule has 0 atom stereocenters. The minimum atomic E-state index is -4.72. The lowest BCUT2D eigenvalue weighted by molar-refractivity contribution is -0.141. The van der Waals surface area contributed by atoms with Gasteiger partial charge >= 0.3 is 12.2 Å². The molecule has 0 radical (unpaired) electrons. The van der Waals surface area contributed by atoms with Crippen molar-refractivity contribution in [2.75, 3.05) is 44.6 Å². The Morgan fingerprint density at radius 3 is 2.47 bits per heavy atom. The number of hydrogen-bond donors (Lipinski definition) is 3. The maximum absolute atomic E-state index is 13.7. The molecular weight excluding hydrogens is 591 g/mol. The number of alkyl halides is 3. The second kappa shape index (κ2) is 12.1. The Hall–Kier alpha value is -4.37. The number of piperazine rings is 1. The molecule has 0 spiro atoms. The van der Waals surface area contributed by atoms with E-state index in [2.05, 4.69) is 32.6 Å². The van der Waals surface area contributed by atoms with Gasteiger partial charge in [0.15, 0.2) is 11.5 Å². The lowest BCUT2D eigenvalue weighted by Gasteiger charge is -2.37. The number of anilines is 1. The third kappa shape index (κ3) is 6.37. The summed E-state index contributed by atoms with van der Waals surface area (Å²) < 4.78 is 43.3. The zero-order valence-electron chi connectivity index (χ0n) is 23.1. The van der Waals surface area contributed by atoms with Gasteiger partial charge < -0.3 is 30.3 Å². The van der Waals surface area contributed by atoms with Crippen LogP contribution < -0.4 is 16.0 Å². The van der Waals surface area contributed by atoms with E-state index in [1.807, 2.05) is 0 Å². The van der Waals surface area contributed by atoms with Gasteiger partial charge in [-0.2, -0.15) is 18.3 Å². The first-order chi connectivity index (χ1) is 20.5. The highest BCUT2D eigenvalue weighted by Crippen LogP contribution is 2.36. The molecule has 4 heterocycles. The zero-order valence-corrected chi connectivity index (χ0v) is 23.9. The topological polar surface area (TPSA) is 129 Å². The van der Waals surface area contributed by atoms with Gasteiger partial charge in [-0.25, -0.2) is 9.78 Å². The van der Waals surface area contributed by atoms with E-state index in [9.17, 15) is 27.6 Å². The monoisotopic (exact) mass is 619 g/mol. The number of aromatic nitrogens is 4. The van der Waals surface area contributed by atoms with E-state index in [0.29, 0.717) is 26.2 Å². The average Bonchev–Trinajstić information content (AvgIpc) is 3.54. The van der Waals surface area contributed by atoms with Gasteiger partial charge in [0.05, 0.1) is 40.6 Å². The normalized spacial score (nSPS) is 15.7. The molecule has 43 heavy (non-hydrogen) atoms. The Labute approximate surface area is 249 Å². The highest BCUT2D eigenvalue weighted by molar-refractivity contribution is 6.34. The van der Waals surface area contributed by atoms with Gasteiger partial charge in [-0.3, -0.25) is 14.3 Å². The highest BCUT2D eigenvalue weighted by atomic mass is 35.5. The number of hydrogen-bond acceptors (Lipinski definition) is 6. The number of urea groups is 1. The highest BCUT2D eigenvalue weighted by Gasteiger charge is 2.38. The average molecular weight is 620 g/mol. The summed E-state index contributed by atoms with van der Waals surface area (Å²) in [6.45, 7) is 6.53. The van der Waals surface area contributed by atoms with Crippen molar-refractivity contribution in [2.45, 2.75) is 18.8 Å². The largest absolute Gasteiger partial charge is 0.435 e. The fourth-order valence-corrected chi connectivity index (χ4v) is 5.07. The third-order valence-electron chi connectivity index (χ3n) is 7.23. The van der Waals surface area contributed by atoms with Crippen LogP contribution in [0.1, 0.15) is 26.7 Å². The van der Waals surface area contributed by atoms with Crippen molar-refractivity contribution in [1.82, 2.24) is 39.8 Å². The number of amides is 4. The molecule has 0 bridgehead atoms. The summed E-state index contributed by atoms with van der Waals surface area (Å²) in [7, 11) is 1.42. The predicted octanol–water partition coefficient (Wildman–Crippen LogP) is 2.83. The number of rotatable bonds is 7. The quantitative estimate of drug-likeness (QED) is 0.349. The van der Waals surface area contributed by atoms with Crippen molar-refractivity contribution in [3.63, 3.8) is 0 Å². The summed E-state index contributed by atoms with van der Waals surface area (Å²) in [5, 5.41) is 12.4. The molecule has 4 amide bonds. The molecule has 1 aromatic carbocycles. The Kier molecular flexibility index (Phi) is 8.46. The summed E-state index contributed by atoms with van der Waals surface area (Å²) in [5.74, 6) is -1.15. The van der Waals surface area contributed by atoms with Crippen molar-refractivity contribution in [3.05, 3.63) is 65.4 Å². The van der Waals surface area contributed by atoms with Crippen LogP contribution in [0.3, 0.4) is 0 Å². The number of allylic oxidation sites excluding steroid dienone is 1. The molecule has 5 rings (SSSR count). The predicted molar refractivity (Wildman–Crippen MR) is 152 cm³/mol. The standard InChI is InChI=1S/C27H29ClF3N9O3/c1-3-6-40-15-19(22(36-40)27(29,30)31)21-14-33-23(37(21)2)24(41)34-16-4-5-18(20(28)11-16)25(42)38-7-9-39(10-8-38)26(43)35-17-12-32-13-17/h3-5,11,14-15,17,32H,1,6-10,12-13H2,2H3,(H,34,41)(H,35,43). The first kappa shape index (κ1) is 30.1. The van der Waals surface area contributed by atoms with Crippen molar-refractivity contribution >= 4 is 35.1 Å². The lowest BCUT2D eigenvalue weighted by atomic mass is 10.1. The minimum absolute atomic E-state index is 0.0457. The molecule has 2 fully saturated rings. The zero-order chi connectivity index (χ0) is 30.9. The Balaban J connectivity index is 1.24. The SMILES string of the molecule is C=CCn1cc(-c2cnc(C(=O)Nc3ccc(C(=O)N4CCN(C(=O)NC5CNC5)CC4)c(Cl)c3)n2C)c(C(F)(F)F)n1. The molecule has 2 aromatic heterocycles. The summed E-state index contributed by atoms with van der Waals surface area (Å²) in [6.07, 6.45) is -0.915. The number of halogens is 4. The molecule has 2 saturated heterocycles. The Morgan fingerprint density at radius 2 is 1.86 bits per heavy atom. The van der Waals surface area contributed by atoms with E-state index in [4.69, 9.17) is 11.6 Å². The van der Waals surface area contributed by atoms with E-state index in [1.54, 1.807) is 9.80 Å². The maximum atomic E-state index is 13.7. The minimum Gasteiger partial charge on any atom is -0.335 e. The fraction of sp³-hybridized carbons (Fsp3) is 0.370. The van der Waals surface area contributed by atoms with E-state index in [1.165, 1.54) is 48.3 Å². The van der Waals surface area contributed by atoms with E-state index in [-0.39, 0.29) is 57.9 Å². The van der Waals surface area contributed by atoms with Crippen LogP contribution >= 0.6 is 11.6 Å². The molecule has 3 aromatic rings. The molecule has 0 aliphatic carbocycles. The molecule has 12 nitrogen and oxygen atoms in total. The van der Waals surface area contributed by atoms with Crippen LogP contribution in [-0.4, -0.2) is 92.3 Å². The first-order valence-corrected chi connectivity index (χ1v) is 13.8. The molecular formula is C27H29ClF3N9O3. The second-order valence-corrected chi connectivity index (χ2v) is 10.6. The van der Waals surface area contributed by atoms with Crippen molar-refractivity contribution < 1.29 is 27.6 Å². The molecule has 228 valence electrons. The van der Waals surface area contributed by atoms with Gasteiger partial charge in [-0.05, 0) is 18.2 Å². The van der Waals surface area contributed by atoms with E-state index < -0.39 is 17.8 Å². The molecule has 3 N–H and O–H groups in total. The van der Waals surface area contributed by atoms with E-state index >= 15 is 0 Å². The van der Waals surface area contributed by atoms with Crippen LogP contribution in [-0.2, 0) is 19.8 Å². The van der Waals surface area contributed by atoms with Gasteiger partial charge in [0.25, 0.3) is 11.8 Å². The smallest absolute Gasteiger partial charge is 0.335 e. The summed E-state index contributed by atoms with van der Waals surface area (Å²) in [4.78, 5) is 45.8. The lowest BCUT2D eigenvalue weighted by Crippen LogP contribution is -2.61. The number of nitrogens with zero attached hydrogens (tertiary/aromatic N) is 6. The summed E-state index contributed by atoms with van der Waals surface area (Å²) >= 11 is 6.41. The maximum Gasteiger partial charge on any atom is 0.435 e. The molecule has 0 unspecified atom stereocenters. The van der Waals surface area contributed by atoms with E-state index in [0.717, 1.165) is 17.8 Å². The van der Waals surface area contributed by atoms with Gasteiger partial charge in [0, 0.05) is 58.2 Å². The van der Waals surface area contributed by atoms with Crippen LogP contribution in [0, 0.1) is 0 Å². The number of carbonyl (C=O) groups excluding carboxylic acids is 3. The van der Waals surface area contributed by atoms with Gasteiger partial charge in [-0.15, -0.1) is 6.58 Å². The van der Waals surface area contributed by atoms with Crippen LogP contribution in [0.15, 0.2) is 43.2 Å². The van der Waals surface area contributed by atoms with Crippen LogP contribution in [0.2, 0.25) is 5.02 Å². The summed E-state index contributed by atoms with van der Waals surface area (Å²) in [6, 6.07) is 4.36. The summed E-state index contributed by atoms with van der Waals surface area (Å²) in [5.41, 5.74) is -0.797. The van der Waals surface area contributed by atoms with Crippen molar-refractivity contribution in [3.8, 4) is 11.3 Å². The van der Waals surface area contributed by atoms with Crippen LogP contribution in [0.5, 0.6) is 0 Å². The molecule has 16 heteroatoms. The first-order valence-electron chi connectivity index (χ1n) is 13.4. The van der Waals surface area contributed by atoms with Crippen LogP contribution in [0.25, 0.3) is 11.3 Å². The number of benzene rings is 1. The van der Waals surface area contributed by atoms with Crippen LogP contribution in [0.4, 0.5) is 23.7 Å². The number of imidazole rings is 1. The molecule has 2 aliphatic rings. The molecule has 2 aliphatic heterocycles. The van der Waals surface area contributed by atoms with Gasteiger partial charge in [-0.1, -0.05) is 17.7 Å².